The Morgan fingerprint density at radius 1 is 0.800 bits per heavy atom. The predicted molar refractivity (Wildman–Crippen MR) is 125 cm³/mol. The normalized spacial score (nSPS) is 16.9. The molecule has 1 aliphatic rings. The number of carbonyl (C=O) groups is 1. The number of allylic oxidation sites excluding steroid dienone is 2. The van der Waals surface area contributed by atoms with Crippen LogP contribution in [0, 0.1) is 0 Å². The molecule has 0 saturated heterocycles. The third kappa shape index (κ3) is 3.62. The molecular formula is C26H24NO2P. The Balaban J connectivity index is 1.89. The van der Waals surface area contributed by atoms with Crippen LogP contribution >= 0.6 is 7.14 Å². The molecule has 0 bridgehead atoms. The Kier molecular flexibility index (Phi) is 5.65. The van der Waals surface area contributed by atoms with Gasteiger partial charge in [-0.1, -0.05) is 85.8 Å². The molecule has 1 aliphatic carbocycles. The molecule has 0 fully saturated rings. The second-order valence-corrected chi connectivity index (χ2v) is 10.7. The van der Waals surface area contributed by atoms with Gasteiger partial charge in [0, 0.05) is 16.3 Å². The van der Waals surface area contributed by atoms with Gasteiger partial charge in [0.15, 0.2) is 5.78 Å². The Hall–Kier alpha value is -3.03. The SMILES string of the molecule is CC1=C(C(C)P(=O)(c2ccccc2)c2ccccc2)C(=Nc2ccccc2)CC1=O. The minimum atomic E-state index is -3.06. The van der Waals surface area contributed by atoms with Gasteiger partial charge < -0.3 is 4.57 Å². The second kappa shape index (κ2) is 8.38. The average molecular weight is 413 g/mol. The highest BCUT2D eigenvalue weighted by atomic mass is 31.2. The van der Waals surface area contributed by atoms with Crippen LogP contribution in [0.25, 0.3) is 0 Å². The average Bonchev–Trinajstić information content (AvgIpc) is 3.07. The summed E-state index contributed by atoms with van der Waals surface area (Å²) in [5.41, 5.74) is 2.65. The van der Waals surface area contributed by atoms with Gasteiger partial charge in [-0.05, 0) is 30.2 Å². The maximum absolute atomic E-state index is 14.8. The fourth-order valence-electron chi connectivity index (χ4n) is 4.14. The summed E-state index contributed by atoms with van der Waals surface area (Å²) in [7, 11) is -3.06. The lowest BCUT2D eigenvalue weighted by atomic mass is 10.1. The van der Waals surface area contributed by atoms with E-state index in [4.69, 9.17) is 4.99 Å². The number of benzene rings is 3. The van der Waals surface area contributed by atoms with Crippen molar-refractivity contribution >= 4 is 34.9 Å². The molecular weight excluding hydrogens is 389 g/mol. The standard InChI is InChI=1S/C26H24NO2P/c1-19-25(28)18-24(27-21-12-6-3-7-13-21)26(19)20(2)30(29,22-14-8-4-9-15-22)23-16-10-5-11-17-23/h3-17,20H,18H2,1-2H3. The lowest BCUT2D eigenvalue weighted by Gasteiger charge is -2.28. The molecule has 0 amide bonds. The van der Waals surface area contributed by atoms with Crippen molar-refractivity contribution in [3.8, 4) is 0 Å². The van der Waals surface area contributed by atoms with Crippen molar-refractivity contribution in [3.63, 3.8) is 0 Å². The monoisotopic (exact) mass is 413 g/mol. The van der Waals surface area contributed by atoms with Gasteiger partial charge in [0.2, 0.25) is 0 Å². The van der Waals surface area contributed by atoms with E-state index in [0.717, 1.165) is 27.6 Å². The van der Waals surface area contributed by atoms with E-state index in [-0.39, 0.29) is 17.9 Å². The van der Waals surface area contributed by atoms with Crippen molar-refractivity contribution in [2.45, 2.75) is 25.9 Å². The van der Waals surface area contributed by atoms with E-state index in [1.54, 1.807) is 0 Å². The quantitative estimate of drug-likeness (QED) is 0.522. The molecule has 0 aliphatic heterocycles. The molecule has 0 aromatic heterocycles. The van der Waals surface area contributed by atoms with Crippen molar-refractivity contribution in [2.24, 2.45) is 4.99 Å². The third-order valence-corrected chi connectivity index (χ3v) is 9.20. The summed E-state index contributed by atoms with van der Waals surface area (Å²) in [4.78, 5) is 17.4. The minimum absolute atomic E-state index is 0.0548. The zero-order valence-electron chi connectivity index (χ0n) is 17.2. The molecule has 4 heteroatoms. The van der Waals surface area contributed by atoms with Gasteiger partial charge in [-0.15, -0.1) is 0 Å². The van der Waals surface area contributed by atoms with Gasteiger partial charge in [-0.3, -0.25) is 9.79 Å². The van der Waals surface area contributed by atoms with E-state index in [2.05, 4.69) is 0 Å². The Morgan fingerprint density at radius 3 is 1.77 bits per heavy atom. The van der Waals surface area contributed by atoms with Gasteiger partial charge in [0.25, 0.3) is 0 Å². The lowest BCUT2D eigenvalue weighted by molar-refractivity contribution is -0.114. The molecule has 0 heterocycles. The molecule has 150 valence electrons. The number of para-hydroxylation sites is 1. The zero-order valence-corrected chi connectivity index (χ0v) is 18.1. The molecule has 1 atom stereocenters. The fraction of sp³-hybridized carbons (Fsp3) is 0.154. The van der Waals surface area contributed by atoms with E-state index in [1.165, 1.54) is 0 Å². The molecule has 1 unspecified atom stereocenters. The van der Waals surface area contributed by atoms with E-state index < -0.39 is 7.14 Å². The largest absolute Gasteiger partial charge is 0.313 e. The third-order valence-electron chi connectivity index (χ3n) is 5.72. The van der Waals surface area contributed by atoms with Crippen molar-refractivity contribution in [1.29, 1.82) is 0 Å². The van der Waals surface area contributed by atoms with E-state index in [9.17, 15) is 9.36 Å². The minimum Gasteiger partial charge on any atom is -0.313 e. The molecule has 3 aromatic rings. The number of nitrogens with zero attached hydrogens (tertiary/aromatic N) is 1. The highest BCUT2D eigenvalue weighted by Crippen LogP contribution is 2.53. The van der Waals surface area contributed by atoms with Crippen LogP contribution in [0.1, 0.15) is 20.3 Å². The Labute approximate surface area is 177 Å². The molecule has 0 N–H and O–H groups in total. The first-order valence-electron chi connectivity index (χ1n) is 10.1. The smallest absolute Gasteiger partial charge is 0.164 e. The van der Waals surface area contributed by atoms with Crippen molar-refractivity contribution < 1.29 is 9.36 Å². The Bertz CT molecular complexity index is 1120. The van der Waals surface area contributed by atoms with Gasteiger partial charge in [-0.25, -0.2) is 0 Å². The number of ketones is 1. The van der Waals surface area contributed by atoms with Gasteiger partial charge in [0.05, 0.1) is 17.8 Å². The van der Waals surface area contributed by atoms with Gasteiger partial charge >= 0.3 is 0 Å². The van der Waals surface area contributed by atoms with Gasteiger partial charge in [0.1, 0.15) is 7.14 Å². The van der Waals surface area contributed by atoms with E-state index in [1.807, 2.05) is 105 Å². The van der Waals surface area contributed by atoms with Crippen molar-refractivity contribution in [2.75, 3.05) is 0 Å². The molecule has 0 saturated carbocycles. The van der Waals surface area contributed by atoms with E-state index >= 15 is 0 Å². The number of carbonyl (C=O) groups excluding carboxylic acids is 1. The summed E-state index contributed by atoms with van der Waals surface area (Å²) in [6, 6.07) is 28.8. The Morgan fingerprint density at radius 2 is 1.27 bits per heavy atom. The molecule has 30 heavy (non-hydrogen) atoms. The highest BCUT2D eigenvalue weighted by molar-refractivity contribution is 7.79. The van der Waals surface area contributed by atoms with E-state index in [0.29, 0.717) is 5.57 Å². The maximum Gasteiger partial charge on any atom is 0.164 e. The van der Waals surface area contributed by atoms with Gasteiger partial charge in [-0.2, -0.15) is 0 Å². The van der Waals surface area contributed by atoms with Crippen LogP contribution in [0.2, 0.25) is 0 Å². The summed E-state index contributed by atoms with van der Waals surface area (Å²) >= 11 is 0. The predicted octanol–water partition coefficient (Wildman–Crippen LogP) is 5.45. The first-order valence-corrected chi connectivity index (χ1v) is 11.9. The van der Waals surface area contributed by atoms with Crippen molar-refractivity contribution in [3.05, 3.63) is 102 Å². The number of Topliss-reactive ketones (excluding diaryl/α,β-unsaturated/α-hetero) is 1. The summed E-state index contributed by atoms with van der Waals surface area (Å²) in [5, 5.41) is 1.59. The summed E-state index contributed by atoms with van der Waals surface area (Å²) < 4.78 is 14.8. The fourth-order valence-corrected chi connectivity index (χ4v) is 7.27. The summed E-state index contributed by atoms with van der Waals surface area (Å²) in [6.45, 7) is 3.81. The van der Waals surface area contributed by atoms with Crippen LogP contribution in [-0.4, -0.2) is 17.2 Å². The topological polar surface area (TPSA) is 46.5 Å². The first kappa shape index (κ1) is 20.3. The highest BCUT2D eigenvalue weighted by Gasteiger charge is 2.41. The maximum atomic E-state index is 14.8. The molecule has 3 nitrogen and oxygen atoms in total. The summed E-state index contributed by atoms with van der Waals surface area (Å²) in [6.07, 6.45) is 0.254. The second-order valence-electron chi connectivity index (χ2n) is 7.54. The number of rotatable bonds is 5. The van der Waals surface area contributed by atoms with Crippen molar-refractivity contribution in [1.82, 2.24) is 0 Å². The summed E-state index contributed by atoms with van der Waals surface area (Å²) in [5.74, 6) is 0.0548. The molecule has 0 spiro atoms. The van der Waals surface area contributed by atoms with Crippen LogP contribution in [-0.2, 0) is 9.36 Å². The number of hydrogen-bond acceptors (Lipinski definition) is 3. The number of aliphatic imine (C=N–C) groups is 1. The van der Waals surface area contributed by atoms with Crippen LogP contribution < -0.4 is 10.6 Å². The van der Waals surface area contributed by atoms with Crippen LogP contribution in [0.3, 0.4) is 0 Å². The molecule has 3 aromatic carbocycles. The van der Waals surface area contributed by atoms with Crippen LogP contribution in [0.4, 0.5) is 5.69 Å². The zero-order chi connectivity index (χ0) is 21.1. The van der Waals surface area contributed by atoms with Crippen LogP contribution in [0.15, 0.2) is 107 Å². The first-order chi connectivity index (χ1) is 14.5. The lowest BCUT2D eigenvalue weighted by Crippen LogP contribution is -2.27. The van der Waals surface area contributed by atoms with Crippen LogP contribution in [0.5, 0.6) is 0 Å². The molecule has 4 rings (SSSR count). The molecule has 0 radical (unpaired) electrons. The number of hydrogen-bond donors (Lipinski definition) is 0.